The fourth-order valence-corrected chi connectivity index (χ4v) is 2.64. The van der Waals surface area contributed by atoms with Gasteiger partial charge in [0.15, 0.2) is 5.75 Å². The number of benzene rings is 2. The molecule has 0 aliphatic rings. The number of pyridine rings is 1. The Morgan fingerprint density at radius 2 is 1.79 bits per heavy atom. The SMILES string of the molecule is CC(C)n1cc(C(=O)O)c(=O)c2cccc(Oc3ccccc3)c21. The minimum atomic E-state index is -1.23. The summed E-state index contributed by atoms with van der Waals surface area (Å²) >= 11 is 0. The second-order valence-electron chi connectivity index (χ2n) is 5.75. The van der Waals surface area contributed by atoms with E-state index in [1.807, 2.05) is 44.2 Å². The van der Waals surface area contributed by atoms with Crippen LogP contribution >= 0.6 is 0 Å². The molecule has 122 valence electrons. The first-order valence-corrected chi connectivity index (χ1v) is 7.63. The average Bonchev–Trinajstić information content (AvgIpc) is 2.56. The highest BCUT2D eigenvalue weighted by Crippen LogP contribution is 2.30. The van der Waals surface area contributed by atoms with Gasteiger partial charge in [0.2, 0.25) is 5.43 Å². The van der Waals surface area contributed by atoms with Crippen LogP contribution in [0.2, 0.25) is 0 Å². The molecule has 5 nitrogen and oxygen atoms in total. The van der Waals surface area contributed by atoms with Crippen LogP contribution < -0.4 is 10.2 Å². The van der Waals surface area contributed by atoms with E-state index in [0.29, 0.717) is 22.4 Å². The van der Waals surface area contributed by atoms with E-state index in [4.69, 9.17) is 4.74 Å². The zero-order valence-corrected chi connectivity index (χ0v) is 13.4. The molecule has 0 saturated heterocycles. The Kier molecular flexibility index (Phi) is 4.08. The number of hydrogen-bond acceptors (Lipinski definition) is 3. The summed E-state index contributed by atoms with van der Waals surface area (Å²) in [5, 5.41) is 9.62. The summed E-state index contributed by atoms with van der Waals surface area (Å²) in [6.45, 7) is 3.85. The van der Waals surface area contributed by atoms with E-state index in [2.05, 4.69) is 0 Å². The number of carboxylic acid groups (broad SMARTS) is 1. The normalized spacial score (nSPS) is 11.0. The van der Waals surface area contributed by atoms with Gasteiger partial charge in [-0.15, -0.1) is 0 Å². The van der Waals surface area contributed by atoms with Gasteiger partial charge in [-0.2, -0.15) is 0 Å². The van der Waals surface area contributed by atoms with Crippen molar-refractivity contribution in [3.63, 3.8) is 0 Å². The second-order valence-corrected chi connectivity index (χ2v) is 5.75. The van der Waals surface area contributed by atoms with Crippen LogP contribution in [-0.4, -0.2) is 15.6 Å². The molecule has 0 aliphatic heterocycles. The maximum atomic E-state index is 12.5. The maximum absolute atomic E-state index is 12.5. The lowest BCUT2D eigenvalue weighted by Crippen LogP contribution is -2.20. The first kappa shape index (κ1) is 15.8. The summed E-state index contributed by atoms with van der Waals surface area (Å²) in [7, 11) is 0. The van der Waals surface area contributed by atoms with E-state index >= 15 is 0 Å². The molecule has 0 atom stereocenters. The minimum Gasteiger partial charge on any atom is -0.477 e. The third-order valence-electron chi connectivity index (χ3n) is 3.77. The predicted octanol–water partition coefficient (Wildman–Crippen LogP) is 4.07. The first-order valence-electron chi connectivity index (χ1n) is 7.63. The lowest BCUT2D eigenvalue weighted by atomic mass is 10.1. The Hall–Kier alpha value is -3.08. The maximum Gasteiger partial charge on any atom is 0.341 e. The number of carbonyl (C=O) groups is 1. The molecule has 24 heavy (non-hydrogen) atoms. The standard InChI is InChI=1S/C19H17NO4/c1-12(2)20-11-15(19(22)23)18(21)14-9-6-10-16(17(14)20)24-13-7-4-3-5-8-13/h3-12H,1-2H3,(H,22,23). The molecule has 3 aromatic rings. The van der Waals surface area contributed by atoms with Crippen LogP contribution in [0, 0.1) is 0 Å². The molecule has 0 radical (unpaired) electrons. The number of carboxylic acids is 1. The molecular weight excluding hydrogens is 306 g/mol. The lowest BCUT2D eigenvalue weighted by Gasteiger charge is -2.18. The van der Waals surface area contributed by atoms with Crippen LogP contribution in [-0.2, 0) is 0 Å². The van der Waals surface area contributed by atoms with Crippen LogP contribution in [0.5, 0.6) is 11.5 Å². The summed E-state index contributed by atoms with van der Waals surface area (Å²) < 4.78 is 7.69. The Morgan fingerprint density at radius 1 is 1.08 bits per heavy atom. The number of hydrogen-bond donors (Lipinski definition) is 1. The van der Waals surface area contributed by atoms with Crippen molar-refractivity contribution in [1.82, 2.24) is 4.57 Å². The predicted molar refractivity (Wildman–Crippen MR) is 92.1 cm³/mol. The van der Waals surface area contributed by atoms with Gasteiger partial charge in [0.25, 0.3) is 0 Å². The van der Waals surface area contributed by atoms with E-state index < -0.39 is 11.4 Å². The van der Waals surface area contributed by atoms with E-state index in [0.717, 1.165) is 0 Å². The van der Waals surface area contributed by atoms with Crippen LogP contribution in [0.25, 0.3) is 10.9 Å². The van der Waals surface area contributed by atoms with Gasteiger partial charge in [-0.3, -0.25) is 4.79 Å². The van der Waals surface area contributed by atoms with Gasteiger partial charge in [0, 0.05) is 12.2 Å². The van der Waals surface area contributed by atoms with E-state index in [9.17, 15) is 14.7 Å². The number of fused-ring (bicyclic) bond motifs is 1. The molecule has 1 N–H and O–H groups in total. The lowest BCUT2D eigenvalue weighted by molar-refractivity contribution is 0.0694. The molecule has 0 fully saturated rings. The molecule has 1 aromatic heterocycles. The van der Waals surface area contributed by atoms with Gasteiger partial charge >= 0.3 is 5.97 Å². The molecule has 0 amide bonds. The van der Waals surface area contributed by atoms with Crippen molar-refractivity contribution in [2.75, 3.05) is 0 Å². The van der Waals surface area contributed by atoms with Crippen molar-refractivity contribution in [3.05, 3.63) is 70.5 Å². The summed E-state index contributed by atoms with van der Waals surface area (Å²) in [6.07, 6.45) is 1.38. The van der Waals surface area contributed by atoms with Crippen LogP contribution in [0.4, 0.5) is 0 Å². The topological polar surface area (TPSA) is 68.5 Å². The van der Waals surface area contributed by atoms with Crippen molar-refractivity contribution in [2.45, 2.75) is 19.9 Å². The van der Waals surface area contributed by atoms with E-state index in [1.54, 1.807) is 22.8 Å². The summed E-state index contributed by atoms with van der Waals surface area (Å²) in [6, 6.07) is 14.3. The largest absolute Gasteiger partial charge is 0.477 e. The van der Waals surface area contributed by atoms with E-state index in [1.165, 1.54) is 6.20 Å². The first-order chi connectivity index (χ1) is 11.5. The zero-order chi connectivity index (χ0) is 17.3. The smallest absolute Gasteiger partial charge is 0.341 e. The quantitative estimate of drug-likeness (QED) is 0.785. The monoisotopic (exact) mass is 323 g/mol. The Labute approximate surface area is 138 Å². The van der Waals surface area contributed by atoms with Crippen molar-refractivity contribution in [2.24, 2.45) is 0 Å². The number of para-hydroxylation sites is 2. The van der Waals surface area contributed by atoms with Gasteiger partial charge in [0.1, 0.15) is 11.3 Å². The summed E-state index contributed by atoms with van der Waals surface area (Å²) in [5.41, 5.74) is -0.160. The molecular formula is C19H17NO4. The van der Waals surface area contributed by atoms with Crippen molar-refractivity contribution in [3.8, 4) is 11.5 Å². The average molecular weight is 323 g/mol. The molecule has 5 heteroatoms. The zero-order valence-electron chi connectivity index (χ0n) is 13.4. The third kappa shape index (κ3) is 2.76. The fraction of sp³-hybridized carbons (Fsp3) is 0.158. The second kappa shape index (κ2) is 6.20. The minimum absolute atomic E-state index is 0.0354. The highest BCUT2D eigenvalue weighted by molar-refractivity contribution is 5.94. The van der Waals surface area contributed by atoms with Crippen LogP contribution in [0.15, 0.2) is 59.5 Å². The summed E-state index contributed by atoms with van der Waals surface area (Å²) in [4.78, 5) is 23.9. The van der Waals surface area contributed by atoms with E-state index in [-0.39, 0.29) is 11.6 Å². The van der Waals surface area contributed by atoms with Crippen molar-refractivity contribution >= 4 is 16.9 Å². The third-order valence-corrected chi connectivity index (χ3v) is 3.77. The molecule has 2 aromatic carbocycles. The number of aromatic carboxylic acids is 1. The molecule has 0 unspecified atom stereocenters. The number of nitrogens with zero attached hydrogens (tertiary/aromatic N) is 1. The van der Waals surface area contributed by atoms with Gasteiger partial charge in [-0.25, -0.2) is 4.79 Å². The fourth-order valence-electron chi connectivity index (χ4n) is 2.64. The van der Waals surface area contributed by atoms with Crippen molar-refractivity contribution in [1.29, 1.82) is 0 Å². The molecule has 3 rings (SSSR count). The van der Waals surface area contributed by atoms with Gasteiger partial charge in [0.05, 0.1) is 10.9 Å². The Bertz CT molecular complexity index is 958. The molecule has 0 saturated carbocycles. The van der Waals surface area contributed by atoms with Crippen molar-refractivity contribution < 1.29 is 14.6 Å². The Morgan fingerprint density at radius 3 is 2.42 bits per heavy atom. The van der Waals surface area contributed by atoms with Crippen LogP contribution in [0.3, 0.4) is 0 Å². The molecule has 0 bridgehead atoms. The molecule has 1 heterocycles. The van der Waals surface area contributed by atoms with Gasteiger partial charge in [-0.1, -0.05) is 24.3 Å². The molecule has 0 aliphatic carbocycles. The highest BCUT2D eigenvalue weighted by Gasteiger charge is 2.18. The summed E-state index contributed by atoms with van der Waals surface area (Å²) in [5.74, 6) is -0.0674. The highest BCUT2D eigenvalue weighted by atomic mass is 16.5. The number of rotatable bonds is 4. The van der Waals surface area contributed by atoms with Crippen LogP contribution in [0.1, 0.15) is 30.2 Å². The Balaban J connectivity index is 2.30. The number of aromatic nitrogens is 1. The van der Waals surface area contributed by atoms with Gasteiger partial charge < -0.3 is 14.4 Å². The molecule has 0 spiro atoms. The van der Waals surface area contributed by atoms with Gasteiger partial charge in [-0.05, 0) is 38.1 Å². The number of ether oxygens (including phenoxy) is 1.